The summed E-state index contributed by atoms with van der Waals surface area (Å²) >= 11 is 0. The maximum atomic E-state index is 12.3. The first kappa shape index (κ1) is 18.2. The fourth-order valence-corrected chi connectivity index (χ4v) is 3.25. The van der Waals surface area contributed by atoms with Crippen LogP contribution in [0.25, 0.3) is 0 Å². The first-order chi connectivity index (χ1) is 12.1. The molecule has 138 valence electrons. The van der Waals surface area contributed by atoms with Crippen LogP contribution in [0.15, 0.2) is 18.3 Å². The molecule has 3 rings (SSSR count). The quantitative estimate of drug-likeness (QED) is 0.823. The molecule has 2 atom stereocenters. The number of rotatable bonds is 7. The van der Waals surface area contributed by atoms with Crippen molar-refractivity contribution in [2.45, 2.75) is 71.1 Å². The number of morpholine rings is 1. The van der Waals surface area contributed by atoms with Gasteiger partial charge >= 0.3 is 0 Å². The maximum absolute atomic E-state index is 12.3. The highest BCUT2D eigenvalue weighted by Gasteiger charge is 2.30. The zero-order valence-corrected chi connectivity index (χ0v) is 15.7. The van der Waals surface area contributed by atoms with Crippen molar-refractivity contribution in [3.8, 4) is 0 Å². The predicted octanol–water partition coefficient (Wildman–Crippen LogP) is 3.39. The lowest BCUT2D eigenvalue weighted by Crippen LogP contribution is -2.50. The molecule has 0 bridgehead atoms. The maximum Gasteiger partial charge on any atom is 0.251 e. The van der Waals surface area contributed by atoms with E-state index in [0.717, 1.165) is 38.2 Å². The Kier molecular flexibility index (Phi) is 5.94. The average molecular weight is 345 g/mol. The molecule has 0 spiro atoms. The number of carbonyl (C=O) groups is 1. The summed E-state index contributed by atoms with van der Waals surface area (Å²) in [7, 11) is 0. The summed E-state index contributed by atoms with van der Waals surface area (Å²) in [6.07, 6.45) is 7.84. The summed E-state index contributed by atoms with van der Waals surface area (Å²) in [6.45, 7) is 8.31. The van der Waals surface area contributed by atoms with Crippen molar-refractivity contribution in [2.24, 2.45) is 5.92 Å². The molecule has 2 aliphatic rings. The van der Waals surface area contributed by atoms with Crippen LogP contribution < -0.4 is 10.2 Å². The molecule has 0 aromatic carbocycles. The molecule has 0 radical (unpaired) electrons. The van der Waals surface area contributed by atoms with Gasteiger partial charge in [0, 0.05) is 30.9 Å². The third kappa shape index (κ3) is 4.94. The van der Waals surface area contributed by atoms with Crippen molar-refractivity contribution in [1.29, 1.82) is 0 Å². The third-order valence-corrected chi connectivity index (χ3v) is 5.06. The fourth-order valence-electron chi connectivity index (χ4n) is 3.25. The Hall–Kier alpha value is -1.62. The van der Waals surface area contributed by atoms with Gasteiger partial charge in [0.05, 0.1) is 12.2 Å². The van der Waals surface area contributed by atoms with E-state index in [0.29, 0.717) is 17.5 Å². The van der Waals surface area contributed by atoms with E-state index in [2.05, 4.69) is 36.0 Å². The van der Waals surface area contributed by atoms with E-state index >= 15 is 0 Å². The van der Waals surface area contributed by atoms with Crippen LogP contribution in [0.5, 0.6) is 0 Å². The van der Waals surface area contributed by atoms with Crippen LogP contribution in [0.4, 0.5) is 5.82 Å². The Balaban J connectivity index is 1.72. The second-order valence-electron chi connectivity index (χ2n) is 7.74. The van der Waals surface area contributed by atoms with Gasteiger partial charge in [-0.05, 0) is 37.3 Å². The van der Waals surface area contributed by atoms with Crippen LogP contribution in [-0.2, 0) is 4.74 Å². The Bertz CT molecular complexity index is 586. The molecular formula is C20H31N3O2. The lowest BCUT2D eigenvalue weighted by molar-refractivity contribution is -0.0521. The van der Waals surface area contributed by atoms with Crippen molar-refractivity contribution in [1.82, 2.24) is 10.3 Å². The fraction of sp³-hybridized carbons (Fsp3) is 0.700. The number of nitrogens with one attached hydrogen (secondary N) is 1. The Morgan fingerprint density at radius 3 is 2.88 bits per heavy atom. The SMILES string of the molecule is CCCCC1CN(c2cc(C(=O)NC3CC3)ccn2)CC(C(C)C)O1. The van der Waals surface area contributed by atoms with E-state index in [1.165, 1.54) is 12.8 Å². The van der Waals surface area contributed by atoms with Crippen molar-refractivity contribution in [3.63, 3.8) is 0 Å². The molecule has 1 aromatic heterocycles. The number of amides is 1. The summed E-state index contributed by atoms with van der Waals surface area (Å²) in [4.78, 5) is 19.2. The standard InChI is InChI=1S/C20H31N3O2/c1-4-5-6-17-12-23(13-18(25-17)14(2)3)19-11-15(9-10-21-19)20(24)22-16-7-8-16/h9-11,14,16-18H,4-8,12-13H2,1-3H3,(H,22,24). The summed E-state index contributed by atoms with van der Waals surface area (Å²) < 4.78 is 6.29. The van der Waals surface area contributed by atoms with Gasteiger partial charge < -0.3 is 15.0 Å². The molecule has 1 aliphatic heterocycles. The van der Waals surface area contributed by atoms with Crippen LogP contribution in [-0.4, -0.2) is 42.2 Å². The van der Waals surface area contributed by atoms with Crippen LogP contribution in [0.3, 0.4) is 0 Å². The summed E-state index contributed by atoms with van der Waals surface area (Å²) in [5.74, 6) is 1.37. The van der Waals surface area contributed by atoms with Crippen LogP contribution in [0.1, 0.15) is 63.2 Å². The van der Waals surface area contributed by atoms with E-state index in [1.807, 2.05) is 6.07 Å². The highest BCUT2D eigenvalue weighted by molar-refractivity contribution is 5.95. The number of pyridine rings is 1. The third-order valence-electron chi connectivity index (χ3n) is 5.06. The van der Waals surface area contributed by atoms with E-state index in [9.17, 15) is 4.79 Å². The molecule has 2 unspecified atom stereocenters. The lowest BCUT2D eigenvalue weighted by atomic mass is 10.0. The highest BCUT2D eigenvalue weighted by Crippen LogP contribution is 2.25. The molecule has 1 aromatic rings. The Morgan fingerprint density at radius 2 is 2.20 bits per heavy atom. The number of hydrogen-bond donors (Lipinski definition) is 1. The lowest BCUT2D eigenvalue weighted by Gasteiger charge is -2.40. The van der Waals surface area contributed by atoms with Gasteiger partial charge in [0.25, 0.3) is 5.91 Å². The second kappa shape index (κ2) is 8.17. The Labute approximate surface area is 151 Å². The summed E-state index contributed by atoms with van der Waals surface area (Å²) in [5, 5.41) is 3.05. The number of unbranched alkanes of at least 4 members (excludes halogenated alkanes) is 1. The molecule has 2 heterocycles. The van der Waals surface area contributed by atoms with Gasteiger partial charge in [0.2, 0.25) is 0 Å². The van der Waals surface area contributed by atoms with E-state index in [1.54, 1.807) is 12.3 Å². The zero-order chi connectivity index (χ0) is 17.8. The molecule has 5 nitrogen and oxygen atoms in total. The first-order valence-corrected chi connectivity index (χ1v) is 9.74. The molecule has 1 saturated heterocycles. The molecule has 1 N–H and O–H groups in total. The first-order valence-electron chi connectivity index (χ1n) is 9.74. The topological polar surface area (TPSA) is 54.5 Å². The van der Waals surface area contributed by atoms with Gasteiger partial charge in [-0.15, -0.1) is 0 Å². The summed E-state index contributed by atoms with van der Waals surface area (Å²) in [6, 6.07) is 4.10. The monoisotopic (exact) mass is 345 g/mol. The van der Waals surface area contributed by atoms with Crippen molar-refractivity contribution in [3.05, 3.63) is 23.9 Å². The van der Waals surface area contributed by atoms with Gasteiger partial charge in [0.1, 0.15) is 5.82 Å². The second-order valence-corrected chi connectivity index (χ2v) is 7.74. The predicted molar refractivity (Wildman–Crippen MR) is 100.0 cm³/mol. The van der Waals surface area contributed by atoms with Crippen LogP contribution in [0.2, 0.25) is 0 Å². The minimum atomic E-state index is 0.0161. The number of nitrogens with zero attached hydrogens (tertiary/aromatic N) is 2. The van der Waals surface area contributed by atoms with Crippen molar-refractivity contribution in [2.75, 3.05) is 18.0 Å². The zero-order valence-electron chi connectivity index (χ0n) is 15.7. The van der Waals surface area contributed by atoms with E-state index < -0.39 is 0 Å². The molecular weight excluding hydrogens is 314 g/mol. The van der Waals surface area contributed by atoms with Crippen LogP contribution >= 0.6 is 0 Å². The minimum absolute atomic E-state index is 0.0161. The number of aromatic nitrogens is 1. The summed E-state index contributed by atoms with van der Waals surface area (Å²) in [5.41, 5.74) is 0.703. The normalized spacial score (nSPS) is 23.8. The smallest absolute Gasteiger partial charge is 0.251 e. The van der Waals surface area contributed by atoms with Crippen molar-refractivity contribution < 1.29 is 9.53 Å². The number of hydrogen-bond acceptors (Lipinski definition) is 4. The highest BCUT2D eigenvalue weighted by atomic mass is 16.5. The number of anilines is 1. The Morgan fingerprint density at radius 1 is 1.40 bits per heavy atom. The molecule has 5 heteroatoms. The average Bonchev–Trinajstić information content (AvgIpc) is 3.43. The molecule has 1 saturated carbocycles. The van der Waals surface area contributed by atoms with Crippen molar-refractivity contribution >= 4 is 11.7 Å². The van der Waals surface area contributed by atoms with E-state index in [4.69, 9.17) is 4.74 Å². The number of carbonyl (C=O) groups excluding carboxylic acids is 1. The largest absolute Gasteiger partial charge is 0.371 e. The number of ether oxygens (including phenoxy) is 1. The molecule has 25 heavy (non-hydrogen) atoms. The molecule has 2 fully saturated rings. The molecule has 1 amide bonds. The van der Waals surface area contributed by atoms with E-state index in [-0.39, 0.29) is 18.1 Å². The van der Waals surface area contributed by atoms with Gasteiger partial charge in [0.15, 0.2) is 0 Å². The minimum Gasteiger partial charge on any atom is -0.371 e. The van der Waals surface area contributed by atoms with Gasteiger partial charge in [-0.1, -0.05) is 33.6 Å². The van der Waals surface area contributed by atoms with Gasteiger partial charge in [-0.25, -0.2) is 4.98 Å². The molecule has 1 aliphatic carbocycles. The van der Waals surface area contributed by atoms with Gasteiger partial charge in [-0.3, -0.25) is 4.79 Å². The van der Waals surface area contributed by atoms with Gasteiger partial charge in [-0.2, -0.15) is 0 Å². The van der Waals surface area contributed by atoms with Crippen LogP contribution in [0, 0.1) is 5.92 Å².